The highest BCUT2D eigenvalue weighted by Crippen LogP contribution is 2.22. The van der Waals surface area contributed by atoms with Gasteiger partial charge in [0.15, 0.2) is 5.83 Å². The molecular formula is C15H11F3. The zero-order chi connectivity index (χ0) is 13.0. The number of halogens is 3. The van der Waals surface area contributed by atoms with E-state index in [-0.39, 0.29) is 0 Å². The highest BCUT2D eigenvalue weighted by molar-refractivity contribution is 5.67. The molecule has 0 saturated carbocycles. The van der Waals surface area contributed by atoms with Gasteiger partial charge in [-0.15, -0.1) is 0 Å². The molecule has 2 aromatic rings. The van der Waals surface area contributed by atoms with Gasteiger partial charge in [0.05, 0.1) is 0 Å². The first-order valence-electron chi connectivity index (χ1n) is 5.47. The van der Waals surface area contributed by atoms with Crippen molar-refractivity contribution in [2.75, 3.05) is 0 Å². The van der Waals surface area contributed by atoms with Crippen molar-refractivity contribution < 1.29 is 13.2 Å². The number of hydrogen-bond donors (Lipinski definition) is 0. The number of allylic oxidation sites excluding steroid dienone is 1. The van der Waals surface area contributed by atoms with Crippen molar-refractivity contribution in [1.82, 2.24) is 0 Å². The Hall–Kier alpha value is -2.03. The maximum Gasteiger partial charge on any atom is 0.289 e. The lowest BCUT2D eigenvalue weighted by molar-refractivity contribution is 0.161. The number of benzene rings is 2. The summed E-state index contributed by atoms with van der Waals surface area (Å²) in [4.78, 5) is 0. The minimum absolute atomic E-state index is 0.425. The van der Waals surface area contributed by atoms with E-state index in [2.05, 4.69) is 0 Å². The van der Waals surface area contributed by atoms with E-state index in [0.717, 1.165) is 17.2 Å². The molecule has 0 fully saturated rings. The van der Waals surface area contributed by atoms with Gasteiger partial charge in [-0.05, 0) is 28.8 Å². The Bertz CT molecular complexity index is 545. The summed E-state index contributed by atoms with van der Waals surface area (Å²) in [6.07, 6.45) is -2.21. The van der Waals surface area contributed by atoms with Crippen molar-refractivity contribution in [2.24, 2.45) is 0 Å². The van der Waals surface area contributed by atoms with E-state index in [9.17, 15) is 13.2 Å². The van der Waals surface area contributed by atoms with Crippen LogP contribution < -0.4 is 0 Å². The maximum absolute atomic E-state index is 12.9. The smallest absolute Gasteiger partial charge is 0.205 e. The number of alkyl halides is 2. The second-order valence-electron chi connectivity index (χ2n) is 3.82. The van der Waals surface area contributed by atoms with E-state index in [4.69, 9.17) is 0 Å². The van der Waals surface area contributed by atoms with Crippen molar-refractivity contribution >= 4 is 6.08 Å². The summed E-state index contributed by atoms with van der Waals surface area (Å²) in [5.41, 5.74) is 2.26. The quantitative estimate of drug-likeness (QED) is 0.722. The summed E-state index contributed by atoms with van der Waals surface area (Å²) in [6, 6.07) is 16.3. The normalized spacial score (nSPS) is 11.9. The Balaban J connectivity index is 2.34. The lowest BCUT2D eigenvalue weighted by atomic mass is 10.0. The third-order valence-electron chi connectivity index (χ3n) is 2.51. The molecule has 92 valence electrons. The molecule has 0 heterocycles. The van der Waals surface area contributed by atoms with Gasteiger partial charge in [-0.25, -0.2) is 13.2 Å². The van der Waals surface area contributed by atoms with Gasteiger partial charge in [0.1, 0.15) is 0 Å². The topological polar surface area (TPSA) is 0 Å². The summed E-state index contributed by atoms with van der Waals surface area (Å²) in [5, 5.41) is 0. The minimum atomic E-state index is -3.06. The molecule has 0 radical (unpaired) electrons. The summed E-state index contributed by atoms with van der Waals surface area (Å²) < 4.78 is 37.0. The van der Waals surface area contributed by atoms with Crippen molar-refractivity contribution in [2.45, 2.75) is 6.43 Å². The van der Waals surface area contributed by atoms with Gasteiger partial charge in [0.25, 0.3) is 6.43 Å². The first-order chi connectivity index (χ1) is 8.66. The van der Waals surface area contributed by atoms with Gasteiger partial charge < -0.3 is 0 Å². The molecule has 0 aromatic heterocycles. The summed E-state index contributed by atoms with van der Waals surface area (Å²) in [5.74, 6) is -1.42. The molecule has 0 nitrogen and oxygen atoms in total. The average molecular weight is 248 g/mol. The average Bonchev–Trinajstić information content (AvgIpc) is 2.40. The molecule has 3 heteroatoms. The van der Waals surface area contributed by atoms with E-state index in [0.29, 0.717) is 5.56 Å². The van der Waals surface area contributed by atoms with Crippen LogP contribution in [0, 0.1) is 0 Å². The van der Waals surface area contributed by atoms with Gasteiger partial charge in [0, 0.05) is 0 Å². The Morgan fingerprint density at radius 2 is 1.56 bits per heavy atom. The molecule has 0 aliphatic rings. The van der Waals surface area contributed by atoms with Gasteiger partial charge in [-0.2, -0.15) is 0 Å². The SMILES string of the molecule is FC(=Cc1cccc(-c2ccccc2)c1)C(F)F. The lowest BCUT2D eigenvalue weighted by Crippen LogP contribution is -1.89. The fraction of sp³-hybridized carbons (Fsp3) is 0.0667. The van der Waals surface area contributed by atoms with E-state index < -0.39 is 12.3 Å². The minimum Gasteiger partial charge on any atom is -0.205 e. The van der Waals surface area contributed by atoms with Crippen LogP contribution in [-0.2, 0) is 0 Å². The number of rotatable bonds is 3. The second kappa shape index (κ2) is 5.54. The molecule has 0 amide bonds. The molecule has 0 aliphatic carbocycles. The van der Waals surface area contributed by atoms with Gasteiger partial charge in [-0.1, -0.05) is 48.5 Å². The monoisotopic (exact) mass is 248 g/mol. The fourth-order valence-electron chi connectivity index (χ4n) is 1.66. The second-order valence-corrected chi connectivity index (χ2v) is 3.82. The van der Waals surface area contributed by atoms with Crippen molar-refractivity contribution in [3.8, 4) is 11.1 Å². The molecule has 0 unspecified atom stereocenters. The van der Waals surface area contributed by atoms with Crippen LogP contribution in [0.3, 0.4) is 0 Å². The van der Waals surface area contributed by atoms with Crippen LogP contribution in [0.15, 0.2) is 60.4 Å². The van der Waals surface area contributed by atoms with Crippen LogP contribution in [0.5, 0.6) is 0 Å². The van der Waals surface area contributed by atoms with Crippen LogP contribution >= 0.6 is 0 Å². The fourth-order valence-corrected chi connectivity index (χ4v) is 1.66. The van der Waals surface area contributed by atoms with Crippen LogP contribution in [0.4, 0.5) is 13.2 Å². The first kappa shape index (κ1) is 12.4. The summed E-state index contributed by atoms with van der Waals surface area (Å²) in [7, 11) is 0. The van der Waals surface area contributed by atoms with Gasteiger partial charge >= 0.3 is 0 Å². The maximum atomic E-state index is 12.9. The zero-order valence-corrected chi connectivity index (χ0v) is 9.48. The Labute approximate surface area is 103 Å². The van der Waals surface area contributed by atoms with E-state index >= 15 is 0 Å². The molecule has 0 bridgehead atoms. The molecule has 0 spiro atoms. The molecule has 2 rings (SSSR count). The van der Waals surface area contributed by atoms with Crippen LogP contribution in [-0.4, -0.2) is 6.43 Å². The van der Waals surface area contributed by atoms with Crippen LogP contribution in [0.1, 0.15) is 5.56 Å². The van der Waals surface area contributed by atoms with Crippen molar-refractivity contribution in [3.05, 3.63) is 66.0 Å². The number of hydrogen-bond acceptors (Lipinski definition) is 0. The molecule has 0 atom stereocenters. The molecule has 0 saturated heterocycles. The molecule has 18 heavy (non-hydrogen) atoms. The van der Waals surface area contributed by atoms with Crippen molar-refractivity contribution in [1.29, 1.82) is 0 Å². The van der Waals surface area contributed by atoms with E-state index in [1.807, 2.05) is 36.4 Å². The van der Waals surface area contributed by atoms with Gasteiger partial charge in [-0.3, -0.25) is 0 Å². The van der Waals surface area contributed by atoms with Crippen LogP contribution in [0.2, 0.25) is 0 Å². The molecular weight excluding hydrogens is 237 g/mol. The Kier molecular flexibility index (Phi) is 3.82. The van der Waals surface area contributed by atoms with E-state index in [1.165, 1.54) is 0 Å². The van der Waals surface area contributed by atoms with E-state index in [1.54, 1.807) is 18.2 Å². The van der Waals surface area contributed by atoms with Crippen molar-refractivity contribution in [3.63, 3.8) is 0 Å². The summed E-state index contributed by atoms with van der Waals surface area (Å²) in [6.45, 7) is 0. The lowest BCUT2D eigenvalue weighted by Gasteiger charge is -2.03. The van der Waals surface area contributed by atoms with Gasteiger partial charge in [0.2, 0.25) is 0 Å². The molecule has 2 aromatic carbocycles. The predicted molar refractivity (Wildman–Crippen MR) is 67.0 cm³/mol. The third-order valence-corrected chi connectivity index (χ3v) is 2.51. The predicted octanol–water partition coefficient (Wildman–Crippen LogP) is 4.93. The first-order valence-corrected chi connectivity index (χ1v) is 5.47. The molecule has 0 aliphatic heterocycles. The summed E-state index contributed by atoms with van der Waals surface area (Å²) >= 11 is 0. The van der Waals surface area contributed by atoms with Crippen LogP contribution in [0.25, 0.3) is 17.2 Å². The molecule has 0 N–H and O–H groups in total. The highest BCUT2D eigenvalue weighted by atomic mass is 19.3. The Morgan fingerprint density at radius 3 is 2.22 bits per heavy atom. The highest BCUT2D eigenvalue weighted by Gasteiger charge is 2.09. The Morgan fingerprint density at radius 1 is 0.889 bits per heavy atom. The largest absolute Gasteiger partial charge is 0.289 e. The zero-order valence-electron chi connectivity index (χ0n) is 9.48. The standard InChI is InChI=1S/C15H11F3/c16-14(15(17)18)10-11-5-4-8-13(9-11)12-6-2-1-3-7-12/h1-10,15H. The third kappa shape index (κ3) is 3.00.